The van der Waals surface area contributed by atoms with Gasteiger partial charge in [0.2, 0.25) is 5.91 Å². The van der Waals surface area contributed by atoms with Crippen molar-refractivity contribution in [3.05, 3.63) is 29.2 Å². The second-order valence-corrected chi connectivity index (χ2v) is 10.9. The molecule has 1 amide bonds. The summed E-state index contributed by atoms with van der Waals surface area (Å²) in [4.78, 5) is 14.5. The van der Waals surface area contributed by atoms with Crippen LogP contribution in [0, 0.1) is 11.3 Å². The summed E-state index contributed by atoms with van der Waals surface area (Å²) in [7, 11) is 1.65. The number of thiophene rings is 1. The number of aromatic nitrogens is 3. The van der Waals surface area contributed by atoms with Gasteiger partial charge in [-0.2, -0.15) is 0 Å². The van der Waals surface area contributed by atoms with Crippen LogP contribution in [0.3, 0.4) is 0 Å². The van der Waals surface area contributed by atoms with E-state index in [1.165, 1.54) is 28.6 Å². The van der Waals surface area contributed by atoms with E-state index < -0.39 is 0 Å². The molecular formula is C21H30N4OS2. The van der Waals surface area contributed by atoms with Crippen molar-refractivity contribution in [2.24, 2.45) is 11.3 Å². The van der Waals surface area contributed by atoms with E-state index in [1.54, 1.807) is 7.05 Å². The minimum Gasteiger partial charge on any atom is -0.358 e. The second-order valence-electron chi connectivity index (χ2n) is 8.44. The van der Waals surface area contributed by atoms with E-state index >= 15 is 0 Å². The highest BCUT2D eigenvalue weighted by Crippen LogP contribution is 2.42. The van der Waals surface area contributed by atoms with Crippen LogP contribution in [0.5, 0.6) is 0 Å². The number of aryl methyl sites for hydroxylation is 1. The smallest absolute Gasteiger partial charge is 0.233 e. The molecular weight excluding hydrogens is 388 g/mol. The number of nitrogens with one attached hydrogen (secondary N) is 1. The zero-order valence-corrected chi connectivity index (χ0v) is 19.0. The summed E-state index contributed by atoms with van der Waals surface area (Å²) in [6, 6.07) is 2.30. The van der Waals surface area contributed by atoms with Gasteiger partial charge in [-0.15, -0.1) is 28.1 Å². The zero-order valence-electron chi connectivity index (χ0n) is 17.4. The number of carbonyl (C=O) groups excluding carboxylic acids is 1. The molecule has 0 saturated carbocycles. The summed E-state index contributed by atoms with van der Waals surface area (Å²) in [5.74, 6) is 1.57. The van der Waals surface area contributed by atoms with Crippen LogP contribution in [0.1, 0.15) is 44.6 Å². The highest BCUT2D eigenvalue weighted by atomic mass is 32.2. The lowest BCUT2D eigenvalue weighted by Crippen LogP contribution is -2.27. The van der Waals surface area contributed by atoms with Crippen LogP contribution in [0.4, 0.5) is 0 Å². The third kappa shape index (κ3) is 4.35. The first-order valence-corrected chi connectivity index (χ1v) is 11.5. The Kier molecular flexibility index (Phi) is 6.34. The lowest BCUT2D eigenvalue weighted by Gasteiger charge is -2.33. The highest BCUT2D eigenvalue weighted by Gasteiger charge is 2.30. The third-order valence-electron chi connectivity index (χ3n) is 5.45. The molecule has 0 fully saturated rings. The van der Waals surface area contributed by atoms with Gasteiger partial charge >= 0.3 is 0 Å². The predicted octanol–water partition coefficient (Wildman–Crippen LogP) is 4.57. The average Bonchev–Trinajstić information content (AvgIpc) is 3.24. The van der Waals surface area contributed by atoms with Crippen molar-refractivity contribution in [1.82, 2.24) is 20.1 Å². The highest BCUT2D eigenvalue weighted by molar-refractivity contribution is 8.00. The lowest BCUT2D eigenvalue weighted by molar-refractivity contribution is -0.119. The number of hydrogen-bond donors (Lipinski definition) is 1. The van der Waals surface area contributed by atoms with Crippen LogP contribution in [-0.2, 0) is 24.2 Å². The maximum atomic E-state index is 11.9. The molecule has 0 radical (unpaired) electrons. The van der Waals surface area contributed by atoms with Gasteiger partial charge < -0.3 is 5.32 Å². The van der Waals surface area contributed by atoms with Gasteiger partial charge in [0, 0.05) is 18.5 Å². The fourth-order valence-corrected chi connectivity index (χ4v) is 5.76. The molecule has 0 unspecified atom stereocenters. The second kappa shape index (κ2) is 8.41. The van der Waals surface area contributed by atoms with Gasteiger partial charge in [0.1, 0.15) is 0 Å². The van der Waals surface area contributed by atoms with Crippen LogP contribution in [0.2, 0.25) is 0 Å². The number of allylic oxidation sites excluding steroid dienone is 1. The van der Waals surface area contributed by atoms with Crippen molar-refractivity contribution in [2.75, 3.05) is 7.05 Å². The Balaban J connectivity index is 1.89. The molecule has 0 saturated heterocycles. The number of carbonyl (C=O) groups is 1. The Morgan fingerprint density at radius 1 is 1.50 bits per heavy atom. The quantitative estimate of drug-likeness (QED) is 0.551. The summed E-state index contributed by atoms with van der Waals surface area (Å²) >= 11 is 3.27. The number of thioether (sulfide) groups is 1. The van der Waals surface area contributed by atoms with Crippen molar-refractivity contribution >= 4 is 29.0 Å². The third-order valence-corrected chi connectivity index (χ3v) is 7.77. The Morgan fingerprint density at radius 3 is 2.89 bits per heavy atom. The van der Waals surface area contributed by atoms with Crippen molar-refractivity contribution < 1.29 is 4.79 Å². The number of amides is 1. The van der Waals surface area contributed by atoms with E-state index in [0.29, 0.717) is 17.9 Å². The number of hydrogen-bond acceptors (Lipinski definition) is 5. The average molecular weight is 419 g/mol. The molecule has 0 bridgehead atoms. The SMILES string of the molecule is C=CCn1c(S[C@H](C)C(=O)NC)nnc1-c1cc2c(s1)CC[C@H](C(C)(C)C)C2. The van der Waals surface area contributed by atoms with Gasteiger partial charge in [0.15, 0.2) is 11.0 Å². The van der Waals surface area contributed by atoms with Gasteiger partial charge in [-0.05, 0) is 49.1 Å². The molecule has 3 rings (SSSR count). The van der Waals surface area contributed by atoms with Crippen molar-refractivity contribution in [3.8, 4) is 10.7 Å². The normalized spacial score (nSPS) is 17.8. The molecule has 0 spiro atoms. The summed E-state index contributed by atoms with van der Waals surface area (Å²) in [5.41, 5.74) is 1.80. The lowest BCUT2D eigenvalue weighted by atomic mass is 9.72. The van der Waals surface area contributed by atoms with Crippen LogP contribution >= 0.6 is 23.1 Å². The Labute approximate surface area is 176 Å². The first-order chi connectivity index (χ1) is 13.2. The number of fused-ring (bicyclic) bond motifs is 1. The van der Waals surface area contributed by atoms with E-state index in [2.05, 4.69) is 53.5 Å². The van der Waals surface area contributed by atoms with Crippen LogP contribution < -0.4 is 5.32 Å². The topological polar surface area (TPSA) is 59.8 Å². The van der Waals surface area contributed by atoms with E-state index in [4.69, 9.17) is 0 Å². The van der Waals surface area contributed by atoms with E-state index in [1.807, 2.05) is 24.3 Å². The summed E-state index contributed by atoms with van der Waals surface area (Å²) in [6.45, 7) is 13.4. The van der Waals surface area contributed by atoms with Crippen molar-refractivity contribution in [2.45, 2.75) is 63.9 Å². The Morgan fingerprint density at radius 2 is 2.25 bits per heavy atom. The molecule has 5 nitrogen and oxygen atoms in total. The van der Waals surface area contributed by atoms with E-state index in [9.17, 15) is 4.79 Å². The molecule has 2 aromatic rings. The van der Waals surface area contributed by atoms with Crippen LogP contribution in [-0.4, -0.2) is 33.0 Å². The molecule has 2 aromatic heterocycles. The van der Waals surface area contributed by atoms with Crippen molar-refractivity contribution in [1.29, 1.82) is 0 Å². The molecule has 28 heavy (non-hydrogen) atoms. The fraction of sp³-hybridized carbons (Fsp3) is 0.571. The van der Waals surface area contributed by atoms with Crippen molar-refractivity contribution in [3.63, 3.8) is 0 Å². The zero-order chi connectivity index (χ0) is 20.5. The predicted molar refractivity (Wildman–Crippen MR) is 118 cm³/mol. The summed E-state index contributed by atoms with van der Waals surface area (Å²) < 4.78 is 2.07. The van der Waals surface area contributed by atoms with Gasteiger partial charge in [-0.25, -0.2) is 0 Å². The first kappa shape index (κ1) is 21.1. The Bertz CT molecular complexity index is 862. The van der Waals surface area contributed by atoms with E-state index in [0.717, 1.165) is 28.7 Å². The Hall–Kier alpha value is -1.60. The van der Waals surface area contributed by atoms with Gasteiger partial charge in [0.25, 0.3) is 0 Å². The maximum absolute atomic E-state index is 11.9. The summed E-state index contributed by atoms with van der Waals surface area (Å²) in [6.07, 6.45) is 5.39. The maximum Gasteiger partial charge on any atom is 0.233 e. The number of rotatable bonds is 6. The molecule has 1 N–H and O–H groups in total. The molecule has 1 aliphatic rings. The van der Waals surface area contributed by atoms with Crippen LogP contribution in [0.15, 0.2) is 23.9 Å². The minimum atomic E-state index is -0.227. The van der Waals surface area contributed by atoms with Gasteiger partial charge in [-0.1, -0.05) is 38.6 Å². The molecule has 7 heteroatoms. The summed E-state index contributed by atoms with van der Waals surface area (Å²) in [5, 5.41) is 12.1. The molecule has 2 heterocycles. The molecule has 0 aromatic carbocycles. The van der Waals surface area contributed by atoms with Gasteiger partial charge in [0.05, 0.1) is 10.1 Å². The molecule has 1 aliphatic carbocycles. The minimum absolute atomic E-state index is 0.0143. The monoisotopic (exact) mass is 418 g/mol. The van der Waals surface area contributed by atoms with Crippen LogP contribution in [0.25, 0.3) is 10.7 Å². The molecule has 0 aliphatic heterocycles. The van der Waals surface area contributed by atoms with Gasteiger partial charge in [-0.3, -0.25) is 9.36 Å². The standard InChI is InChI=1S/C21H30N4OS2/c1-7-10-25-18(23-24-20(25)27-13(2)19(26)22-6)17-12-14-11-15(21(3,4)5)8-9-16(14)28-17/h7,12-13,15H,1,8-11H2,2-6H3,(H,22,26)/t13-,15+/m1/s1. The fourth-order valence-electron chi connectivity index (χ4n) is 3.64. The first-order valence-electron chi connectivity index (χ1n) is 9.79. The largest absolute Gasteiger partial charge is 0.358 e. The molecule has 152 valence electrons. The van der Waals surface area contributed by atoms with E-state index in [-0.39, 0.29) is 11.2 Å². The molecule has 2 atom stereocenters. The number of nitrogens with zero attached hydrogens (tertiary/aromatic N) is 3.